The molecule has 20 heavy (non-hydrogen) atoms. The van der Waals surface area contributed by atoms with Gasteiger partial charge in [-0.2, -0.15) is 0 Å². The summed E-state index contributed by atoms with van der Waals surface area (Å²) in [6.07, 6.45) is 9.30. The van der Waals surface area contributed by atoms with Crippen molar-refractivity contribution in [3.05, 3.63) is 23.9 Å². The highest BCUT2D eigenvalue weighted by Crippen LogP contribution is 2.26. The van der Waals surface area contributed by atoms with E-state index in [4.69, 9.17) is 5.73 Å². The van der Waals surface area contributed by atoms with Crippen molar-refractivity contribution in [3.8, 4) is 0 Å². The highest BCUT2D eigenvalue weighted by atomic mass is 16.3. The lowest BCUT2D eigenvalue weighted by molar-refractivity contribution is 0.0225. The van der Waals surface area contributed by atoms with Gasteiger partial charge in [0.1, 0.15) is 17.2 Å². The molecule has 0 aromatic carbocycles. The van der Waals surface area contributed by atoms with Crippen LogP contribution in [0.3, 0.4) is 0 Å². The summed E-state index contributed by atoms with van der Waals surface area (Å²) in [6, 6.07) is 0. The Balaban J connectivity index is 0.000000160. The second-order valence-corrected chi connectivity index (χ2v) is 5.83. The van der Waals surface area contributed by atoms with Gasteiger partial charge < -0.3 is 10.8 Å². The molecule has 5 nitrogen and oxygen atoms in total. The average Bonchev–Trinajstić information content (AvgIpc) is 2.67. The minimum absolute atomic E-state index is 0.321. The average molecular weight is 276 g/mol. The molecule has 0 amide bonds. The summed E-state index contributed by atoms with van der Waals surface area (Å²) in [5, 5.41) is 9.37. The Bertz CT molecular complexity index is 581. The number of nitrogen functional groups attached to an aromatic ring is 1. The molecule has 1 aliphatic rings. The van der Waals surface area contributed by atoms with Crippen molar-refractivity contribution in [2.75, 3.05) is 5.73 Å². The smallest absolute Gasteiger partial charge is 0.149 e. The number of anilines is 1. The van der Waals surface area contributed by atoms with Gasteiger partial charge in [0.25, 0.3) is 0 Å². The minimum Gasteiger partial charge on any atom is -0.390 e. The van der Waals surface area contributed by atoms with Gasteiger partial charge in [-0.1, -0.05) is 19.3 Å². The summed E-state index contributed by atoms with van der Waals surface area (Å²) >= 11 is 0. The molecule has 3 N–H and O–H groups in total. The van der Waals surface area contributed by atoms with Crippen molar-refractivity contribution in [1.82, 2.24) is 14.4 Å². The second kappa shape index (κ2) is 5.79. The third-order valence-electron chi connectivity index (χ3n) is 3.86. The lowest BCUT2D eigenvalue weighted by Gasteiger charge is -2.27. The number of aliphatic hydroxyl groups is 1. The van der Waals surface area contributed by atoms with Gasteiger partial charge in [-0.25, -0.2) is 9.97 Å². The Labute approximate surface area is 119 Å². The van der Waals surface area contributed by atoms with Gasteiger partial charge in [0.2, 0.25) is 0 Å². The third-order valence-corrected chi connectivity index (χ3v) is 3.86. The van der Waals surface area contributed by atoms with E-state index in [1.54, 1.807) is 6.20 Å². The third kappa shape index (κ3) is 3.28. The number of fused-ring (bicyclic) bond motifs is 1. The van der Waals surface area contributed by atoms with Crippen LogP contribution in [0.1, 0.15) is 50.5 Å². The van der Waals surface area contributed by atoms with E-state index in [0.29, 0.717) is 5.82 Å². The number of imidazole rings is 1. The second-order valence-electron chi connectivity index (χ2n) is 5.83. The fourth-order valence-corrected chi connectivity index (χ4v) is 2.73. The SMILES string of the molecule is CC1(O)CCCCC1.Cc1nc(C)n2ccnc(N)c12. The number of hydrogen-bond donors (Lipinski definition) is 2. The summed E-state index contributed by atoms with van der Waals surface area (Å²) in [5.74, 6) is 1.48. The van der Waals surface area contributed by atoms with E-state index in [9.17, 15) is 5.11 Å². The Morgan fingerprint density at radius 2 is 1.90 bits per heavy atom. The Morgan fingerprint density at radius 3 is 2.40 bits per heavy atom. The molecule has 0 spiro atoms. The Hall–Kier alpha value is -1.62. The van der Waals surface area contributed by atoms with Crippen LogP contribution < -0.4 is 5.73 Å². The van der Waals surface area contributed by atoms with Gasteiger partial charge in [0.05, 0.1) is 11.3 Å². The monoisotopic (exact) mass is 276 g/mol. The maximum Gasteiger partial charge on any atom is 0.149 e. The lowest BCUT2D eigenvalue weighted by atomic mass is 9.87. The van der Waals surface area contributed by atoms with Gasteiger partial charge >= 0.3 is 0 Å². The number of aryl methyl sites for hydroxylation is 2. The van der Waals surface area contributed by atoms with Gasteiger partial charge in [-0.05, 0) is 33.6 Å². The van der Waals surface area contributed by atoms with Gasteiger partial charge in [-0.15, -0.1) is 0 Å². The van der Waals surface area contributed by atoms with Gasteiger partial charge in [-0.3, -0.25) is 4.40 Å². The molecule has 2 aromatic heterocycles. The topological polar surface area (TPSA) is 76.4 Å². The highest BCUT2D eigenvalue weighted by Gasteiger charge is 2.22. The van der Waals surface area contributed by atoms with Gasteiger partial charge in [0.15, 0.2) is 0 Å². The lowest BCUT2D eigenvalue weighted by Crippen LogP contribution is -2.26. The van der Waals surface area contributed by atoms with Crippen molar-refractivity contribution in [2.24, 2.45) is 0 Å². The van der Waals surface area contributed by atoms with Crippen molar-refractivity contribution < 1.29 is 5.11 Å². The van der Waals surface area contributed by atoms with Crippen LogP contribution in [0.2, 0.25) is 0 Å². The molecule has 0 saturated heterocycles. The molecule has 1 fully saturated rings. The van der Waals surface area contributed by atoms with Crippen LogP contribution >= 0.6 is 0 Å². The van der Waals surface area contributed by atoms with E-state index in [2.05, 4.69) is 9.97 Å². The quantitative estimate of drug-likeness (QED) is 0.775. The normalized spacial score (nSPS) is 17.6. The first-order valence-electron chi connectivity index (χ1n) is 7.19. The Morgan fingerprint density at radius 1 is 1.25 bits per heavy atom. The van der Waals surface area contributed by atoms with Gasteiger partial charge in [0, 0.05) is 12.4 Å². The summed E-state index contributed by atoms with van der Waals surface area (Å²) in [7, 11) is 0. The fraction of sp³-hybridized carbons (Fsp3) is 0.600. The van der Waals surface area contributed by atoms with Crippen molar-refractivity contribution in [1.29, 1.82) is 0 Å². The van der Waals surface area contributed by atoms with E-state index in [0.717, 1.165) is 29.9 Å². The van der Waals surface area contributed by atoms with Crippen LogP contribution in [0.4, 0.5) is 5.82 Å². The van der Waals surface area contributed by atoms with Crippen LogP contribution in [-0.4, -0.2) is 25.1 Å². The van der Waals surface area contributed by atoms with E-state index >= 15 is 0 Å². The number of nitrogens with two attached hydrogens (primary N) is 1. The molecular formula is C15H24N4O. The zero-order chi connectivity index (χ0) is 14.8. The zero-order valence-corrected chi connectivity index (χ0v) is 12.6. The molecule has 3 rings (SSSR count). The molecule has 0 radical (unpaired) electrons. The summed E-state index contributed by atoms with van der Waals surface area (Å²) in [5.41, 5.74) is 7.22. The predicted molar refractivity (Wildman–Crippen MR) is 80.6 cm³/mol. The molecule has 0 aliphatic heterocycles. The largest absolute Gasteiger partial charge is 0.390 e. The van der Waals surface area contributed by atoms with Crippen LogP contribution in [0.5, 0.6) is 0 Å². The number of aromatic nitrogens is 3. The number of hydrogen-bond acceptors (Lipinski definition) is 4. The van der Waals surface area contributed by atoms with E-state index in [1.807, 2.05) is 31.4 Å². The molecule has 0 atom stereocenters. The molecule has 0 unspecified atom stereocenters. The standard InChI is InChI=1S/C8H10N4.C7H14O/c1-5-7-8(9)10-3-4-12(7)6(2)11-5;1-7(8)5-3-2-4-6-7/h3-4H,1-2H3,(H2,9,10);8H,2-6H2,1H3. The zero-order valence-electron chi connectivity index (χ0n) is 12.6. The fourth-order valence-electron chi connectivity index (χ4n) is 2.73. The van der Waals surface area contributed by atoms with Crippen molar-refractivity contribution in [2.45, 2.75) is 58.5 Å². The highest BCUT2D eigenvalue weighted by molar-refractivity contribution is 5.68. The molecule has 110 valence electrons. The van der Waals surface area contributed by atoms with E-state index < -0.39 is 0 Å². The molecule has 1 aliphatic carbocycles. The minimum atomic E-state index is -0.321. The summed E-state index contributed by atoms with van der Waals surface area (Å²) < 4.78 is 1.94. The van der Waals surface area contributed by atoms with Crippen molar-refractivity contribution >= 4 is 11.3 Å². The molecule has 0 bridgehead atoms. The van der Waals surface area contributed by atoms with Crippen LogP contribution in [0.25, 0.3) is 5.52 Å². The molecule has 2 aromatic rings. The maximum absolute atomic E-state index is 9.37. The molecule has 2 heterocycles. The van der Waals surface area contributed by atoms with Crippen LogP contribution in [-0.2, 0) is 0 Å². The first-order valence-corrected chi connectivity index (χ1v) is 7.19. The van der Waals surface area contributed by atoms with Crippen molar-refractivity contribution in [3.63, 3.8) is 0 Å². The summed E-state index contributed by atoms with van der Waals surface area (Å²) in [6.45, 7) is 5.81. The van der Waals surface area contributed by atoms with E-state index in [1.165, 1.54) is 19.3 Å². The first-order chi connectivity index (χ1) is 9.41. The summed E-state index contributed by atoms with van der Waals surface area (Å²) in [4.78, 5) is 8.29. The predicted octanol–water partition coefficient (Wildman–Crippen LogP) is 2.63. The number of nitrogens with zero attached hydrogens (tertiary/aromatic N) is 3. The molecular weight excluding hydrogens is 252 g/mol. The molecule has 1 saturated carbocycles. The molecule has 5 heteroatoms. The van der Waals surface area contributed by atoms with Crippen LogP contribution in [0, 0.1) is 13.8 Å². The number of rotatable bonds is 0. The van der Waals surface area contributed by atoms with E-state index in [-0.39, 0.29) is 5.60 Å². The van der Waals surface area contributed by atoms with Crippen LogP contribution in [0.15, 0.2) is 12.4 Å². The Kier molecular flexibility index (Phi) is 4.28. The maximum atomic E-state index is 9.37. The first kappa shape index (κ1) is 14.8.